The van der Waals surface area contributed by atoms with E-state index in [0.29, 0.717) is 37.6 Å². The molecule has 1 aliphatic heterocycles. The first kappa shape index (κ1) is 23.8. The molecule has 0 unspecified atom stereocenters. The summed E-state index contributed by atoms with van der Waals surface area (Å²) < 4.78 is 31.3. The number of nitrogens with zero attached hydrogens (tertiary/aromatic N) is 6. The van der Waals surface area contributed by atoms with Gasteiger partial charge in [-0.3, -0.25) is 4.68 Å². The van der Waals surface area contributed by atoms with Crippen molar-refractivity contribution in [2.75, 3.05) is 36.8 Å². The molecule has 0 N–H and O–H groups in total. The van der Waals surface area contributed by atoms with Crippen LogP contribution >= 0.6 is 11.6 Å². The van der Waals surface area contributed by atoms with E-state index in [1.54, 1.807) is 8.99 Å². The number of benzene rings is 1. The number of piperazine rings is 1. The summed E-state index contributed by atoms with van der Waals surface area (Å²) >= 11 is 5.97. The first-order valence-electron chi connectivity index (χ1n) is 11.7. The monoisotopic (exact) mass is 512 g/mol. The maximum atomic E-state index is 13.0. The Morgan fingerprint density at radius 3 is 2.37 bits per heavy atom. The molecule has 0 spiro atoms. The van der Waals surface area contributed by atoms with Crippen molar-refractivity contribution in [2.24, 2.45) is 7.05 Å². The summed E-state index contributed by atoms with van der Waals surface area (Å²) in [5.41, 5.74) is 5.22. The van der Waals surface area contributed by atoms with E-state index in [1.165, 1.54) is 0 Å². The Labute approximate surface area is 210 Å². The summed E-state index contributed by atoms with van der Waals surface area (Å²) in [6, 6.07) is 11.8. The zero-order chi connectivity index (χ0) is 24.6. The Morgan fingerprint density at radius 1 is 0.943 bits per heavy atom. The fraction of sp³-hybridized carbons (Fsp3) is 0.360. The van der Waals surface area contributed by atoms with Crippen LogP contribution in [0.15, 0.2) is 61.2 Å². The van der Waals surface area contributed by atoms with Crippen molar-refractivity contribution in [3.8, 4) is 11.1 Å². The van der Waals surface area contributed by atoms with Crippen molar-refractivity contribution >= 4 is 32.8 Å². The van der Waals surface area contributed by atoms with Crippen LogP contribution in [0.5, 0.6) is 0 Å². The Kier molecular flexibility index (Phi) is 6.57. The van der Waals surface area contributed by atoms with Gasteiger partial charge < -0.3 is 4.90 Å². The zero-order valence-corrected chi connectivity index (χ0v) is 21.5. The molecule has 4 aromatic rings. The van der Waals surface area contributed by atoms with E-state index >= 15 is 0 Å². The van der Waals surface area contributed by atoms with Crippen LogP contribution in [-0.2, 0) is 17.1 Å². The number of fused-ring (bicyclic) bond motifs is 1. The summed E-state index contributed by atoms with van der Waals surface area (Å²) in [5.74, 6) is 0.295. The lowest BCUT2D eigenvalue weighted by atomic mass is 9.99. The van der Waals surface area contributed by atoms with E-state index in [1.807, 2.05) is 60.6 Å². The molecule has 10 heteroatoms. The molecule has 4 heterocycles. The SMILES string of the molecule is C[C@@H](CCS(=O)(=O)N1CCN(c2cnn3cc(-c4cnn(C)c4)ccc23)CC1)c1ccc(Cl)cc1. The smallest absolute Gasteiger partial charge is 0.214 e. The van der Waals surface area contributed by atoms with Gasteiger partial charge in [-0.2, -0.15) is 14.5 Å². The minimum Gasteiger partial charge on any atom is -0.366 e. The molecule has 1 fully saturated rings. The fourth-order valence-corrected chi connectivity index (χ4v) is 6.33. The van der Waals surface area contributed by atoms with E-state index in [0.717, 1.165) is 27.9 Å². The van der Waals surface area contributed by atoms with Gasteiger partial charge in [-0.15, -0.1) is 0 Å². The standard InChI is InChI=1S/C25H29ClN6O2S/c1-19(20-3-6-23(26)7-4-20)9-14-35(33,34)31-12-10-30(11-13-31)25-16-28-32-18-21(5-8-24(25)32)22-15-27-29(2)17-22/h3-8,15-19H,9-14H2,1-2H3/t19-/m0/s1. The Balaban J connectivity index is 1.21. The Bertz CT molecular complexity index is 1420. The second-order valence-corrected chi connectivity index (χ2v) is 11.6. The van der Waals surface area contributed by atoms with Gasteiger partial charge in [-0.05, 0) is 36.1 Å². The van der Waals surface area contributed by atoms with Crippen molar-refractivity contribution in [1.29, 1.82) is 0 Å². The van der Waals surface area contributed by atoms with Crippen LogP contribution in [0.25, 0.3) is 16.6 Å². The highest BCUT2D eigenvalue weighted by molar-refractivity contribution is 7.89. The summed E-state index contributed by atoms with van der Waals surface area (Å²) in [7, 11) is -1.41. The lowest BCUT2D eigenvalue weighted by Gasteiger charge is -2.35. The number of sulfonamides is 1. The molecule has 3 aromatic heterocycles. The lowest BCUT2D eigenvalue weighted by molar-refractivity contribution is 0.384. The molecule has 35 heavy (non-hydrogen) atoms. The first-order chi connectivity index (χ1) is 16.8. The Morgan fingerprint density at radius 2 is 1.69 bits per heavy atom. The highest BCUT2D eigenvalue weighted by Gasteiger charge is 2.28. The van der Waals surface area contributed by atoms with Gasteiger partial charge in [0.1, 0.15) is 0 Å². The van der Waals surface area contributed by atoms with Crippen LogP contribution < -0.4 is 4.90 Å². The molecule has 0 bridgehead atoms. The molecule has 1 atom stereocenters. The molecule has 0 radical (unpaired) electrons. The molecule has 1 saturated heterocycles. The van der Waals surface area contributed by atoms with E-state index in [2.05, 4.69) is 34.2 Å². The van der Waals surface area contributed by atoms with Crippen molar-refractivity contribution < 1.29 is 8.42 Å². The van der Waals surface area contributed by atoms with E-state index < -0.39 is 10.0 Å². The van der Waals surface area contributed by atoms with Crippen molar-refractivity contribution in [1.82, 2.24) is 23.7 Å². The van der Waals surface area contributed by atoms with Gasteiger partial charge in [0, 0.05) is 61.8 Å². The summed E-state index contributed by atoms with van der Waals surface area (Å²) in [5, 5.41) is 9.47. The third-order valence-corrected chi connectivity index (χ3v) is 8.91. The van der Waals surface area contributed by atoms with E-state index in [4.69, 9.17) is 11.6 Å². The molecule has 1 aliphatic rings. The summed E-state index contributed by atoms with van der Waals surface area (Å²) in [6.45, 7) is 4.28. The van der Waals surface area contributed by atoms with Crippen LogP contribution in [0.4, 0.5) is 5.69 Å². The Hall–Kier alpha value is -2.88. The van der Waals surface area contributed by atoms with Gasteiger partial charge in [-0.25, -0.2) is 12.9 Å². The summed E-state index contributed by atoms with van der Waals surface area (Å²) in [6.07, 6.45) is 8.25. The predicted octanol–water partition coefficient (Wildman–Crippen LogP) is 4.03. The number of hydrogen-bond acceptors (Lipinski definition) is 5. The number of pyridine rings is 1. The van der Waals surface area contributed by atoms with Gasteiger partial charge in [0.05, 0.1) is 29.4 Å². The molecule has 5 rings (SSSR count). The second-order valence-electron chi connectivity index (χ2n) is 9.12. The topological polar surface area (TPSA) is 75.7 Å². The van der Waals surface area contributed by atoms with E-state index in [-0.39, 0.29) is 11.7 Å². The molecule has 0 saturated carbocycles. The zero-order valence-electron chi connectivity index (χ0n) is 19.9. The van der Waals surface area contributed by atoms with Gasteiger partial charge in [0.15, 0.2) is 0 Å². The number of halogens is 1. The van der Waals surface area contributed by atoms with Crippen LogP contribution in [-0.4, -0.2) is 64.0 Å². The highest BCUT2D eigenvalue weighted by atomic mass is 35.5. The van der Waals surface area contributed by atoms with E-state index in [9.17, 15) is 8.42 Å². The van der Waals surface area contributed by atoms with Gasteiger partial charge in [0.25, 0.3) is 0 Å². The lowest BCUT2D eigenvalue weighted by Crippen LogP contribution is -2.49. The third-order valence-electron chi connectivity index (χ3n) is 6.75. The van der Waals surface area contributed by atoms with Gasteiger partial charge in [0.2, 0.25) is 10.0 Å². The average Bonchev–Trinajstić information content (AvgIpc) is 3.49. The number of hydrogen-bond donors (Lipinski definition) is 0. The van der Waals surface area contributed by atoms with Crippen molar-refractivity contribution in [2.45, 2.75) is 19.3 Å². The highest BCUT2D eigenvalue weighted by Crippen LogP contribution is 2.27. The minimum atomic E-state index is -3.31. The van der Waals surface area contributed by atoms with Crippen molar-refractivity contribution in [3.05, 3.63) is 71.8 Å². The molecular weight excluding hydrogens is 484 g/mol. The molecule has 184 valence electrons. The average molecular weight is 513 g/mol. The van der Waals surface area contributed by atoms with Crippen LogP contribution in [0.3, 0.4) is 0 Å². The molecule has 8 nitrogen and oxygen atoms in total. The second kappa shape index (κ2) is 9.64. The third kappa shape index (κ3) is 5.07. The minimum absolute atomic E-state index is 0.143. The maximum Gasteiger partial charge on any atom is 0.214 e. The molecule has 0 aliphatic carbocycles. The number of rotatable bonds is 7. The van der Waals surface area contributed by atoms with Gasteiger partial charge >= 0.3 is 0 Å². The predicted molar refractivity (Wildman–Crippen MR) is 139 cm³/mol. The number of anilines is 1. The summed E-state index contributed by atoms with van der Waals surface area (Å²) in [4.78, 5) is 2.22. The largest absolute Gasteiger partial charge is 0.366 e. The number of aromatic nitrogens is 4. The number of aryl methyl sites for hydroxylation is 1. The maximum absolute atomic E-state index is 13.0. The quantitative estimate of drug-likeness (QED) is 0.373. The van der Waals surface area contributed by atoms with Gasteiger partial charge in [-0.1, -0.05) is 36.7 Å². The van der Waals surface area contributed by atoms with Crippen LogP contribution in [0.2, 0.25) is 5.02 Å². The van der Waals surface area contributed by atoms with Crippen molar-refractivity contribution in [3.63, 3.8) is 0 Å². The first-order valence-corrected chi connectivity index (χ1v) is 13.7. The molecular formula is C25H29ClN6O2S. The normalized spacial score (nSPS) is 16.1. The molecule has 0 amide bonds. The fourth-order valence-electron chi connectivity index (χ4n) is 4.58. The van der Waals surface area contributed by atoms with Crippen LogP contribution in [0.1, 0.15) is 24.8 Å². The van der Waals surface area contributed by atoms with Crippen LogP contribution in [0, 0.1) is 0 Å². The molecule has 1 aromatic carbocycles.